The molecule has 4 rings (SSSR count). The fourth-order valence-corrected chi connectivity index (χ4v) is 3.51. The van der Waals surface area contributed by atoms with E-state index in [1.54, 1.807) is 36.4 Å². The summed E-state index contributed by atoms with van der Waals surface area (Å²) >= 11 is 6.02. The maximum absolute atomic E-state index is 13.0. The van der Waals surface area contributed by atoms with E-state index >= 15 is 0 Å². The van der Waals surface area contributed by atoms with Crippen LogP contribution in [0.4, 0.5) is 0 Å². The molecule has 140 valence electrons. The molecule has 0 spiro atoms. The summed E-state index contributed by atoms with van der Waals surface area (Å²) in [5.74, 6) is 0.0981. The highest BCUT2D eigenvalue weighted by Gasteiger charge is 2.40. The van der Waals surface area contributed by atoms with Gasteiger partial charge in [0.1, 0.15) is 12.4 Å². The Morgan fingerprint density at radius 3 is 2.04 bits per heavy atom. The van der Waals surface area contributed by atoms with Gasteiger partial charge in [0.05, 0.1) is 17.2 Å². The topological polar surface area (TPSA) is 46.6 Å². The number of carbonyl (C=O) groups is 2. The van der Waals surface area contributed by atoms with Gasteiger partial charge in [0, 0.05) is 5.02 Å². The highest BCUT2D eigenvalue weighted by Crippen LogP contribution is 2.33. The number of carbonyl (C=O) groups excluding carboxylic acids is 2. The zero-order valence-electron chi connectivity index (χ0n) is 15.3. The molecule has 28 heavy (non-hydrogen) atoms. The normalized spacial score (nSPS) is 14.1. The number of aryl methyl sites for hydroxylation is 1. The minimum absolute atomic E-state index is 0.151. The van der Waals surface area contributed by atoms with E-state index in [4.69, 9.17) is 16.3 Å². The van der Waals surface area contributed by atoms with Crippen molar-refractivity contribution in [1.29, 1.82) is 0 Å². The Kier molecular flexibility index (Phi) is 4.88. The molecular weight excluding hydrogens is 374 g/mol. The summed E-state index contributed by atoms with van der Waals surface area (Å²) in [5, 5.41) is 0.588. The molecule has 0 saturated carbocycles. The van der Waals surface area contributed by atoms with Gasteiger partial charge < -0.3 is 4.74 Å². The predicted octanol–water partition coefficient (Wildman–Crippen LogP) is 5.06. The number of hydrogen-bond donors (Lipinski definition) is 0. The molecule has 2 amide bonds. The molecule has 0 fully saturated rings. The Hall–Kier alpha value is -3.11. The number of amides is 2. The number of fused-ring (bicyclic) bond motifs is 1. The molecular formula is C23H18ClNO3. The molecule has 3 aromatic carbocycles. The zero-order valence-corrected chi connectivity index (χ0v) is 16.0. The van der Waals surface area contributed by atoms with Gasteiger partial charge in [-0.05, 0) is 48.4 Å². The van der Waals surface area contributed by atoms with Crippen LogP contribution in [0.3, 0.4) is 0 Å². The standard InChI is InChI=1S/C23H18ClNO3/c1-15-6-2-5-9-21(15)28-14-20(16-10-12-17(24)13-11-16)25-22(26)18-7-3-4-8-19(18)23(25)27/h2-13,20H,14H2,1H3/t20-/m0/s1. The molecule has 0 radical (unpaired) electrons. The quantitative estimate of drug-likeness (QED) is 0.571. The van der Waals surface area contributed by atoms with Gasteiger partial charge in [-0.1, -0.05) is 54.1 Å². The van der Waals surface area contributed by atoms with Crippen molar-refractivity contribution in [2.24, 2.45) is 0 Å². The highest BCUT2D eigenvalue weighted by atomic mass is 35.5. The Bertz CT molecular complexity index is 1010. The van der Waals surface area contributed by atoms with E-state index in [1.165, 1.54) is 4.90 Å². The van der Waals surface area contributed by atoms with Crippen LogP contribution in [0.25, 0.3) is 0 Å². The van der Waals surface area contributed by atoms with E-state index in [9.17, 15) is 9.59 Å². The van der Waals surface area contributed by atoms with Crippen molar-refractivity contribution in [2.45, 2.75) is 13.0 Å². The summed E-state index contributed by atoms with van der Waals surface area (Å²) in [6, 6.07) is 21.1. The van der Waals surface area contributed by atoms with Crippen molar-refractivity contribution < 1.29 is 14.3 Å². The van der Waals surface area contributed by atoms with E-state index < -0.39 is 6.04 Å². The van der Waals surface area contributed by atoms with Gasteiger partial charge >= 0.3 is 0 Å². The second-order valence-electron chi connectivity index (χ2n) is 6.67. The zero-order chi connectivity index (χ0) is 19.7. The molecule has 0 bridgehead atoms. The van der Waals surface area contributed by atoms with Crippen molar-refractivity contribution in [3.05, 3.63) is 100 Å². The third-order valence-electron chi connectivity index (χ3n) is 4.88. The number of para-hydroxylation sites is 1. The van der Waals surface area contributed by atoms with Crippen LogP contribution in [0.1, 0.15) is 37.9 Å². The number of hydrogen-bond acceptors (Lipinski definition) is 3. The lowest BCUT2D eigenvalue weighted by atomic mass is 10.1. The van der Waals surface area contributed by atoms with Gasteiger partial charge in [0.2, 0.25) is 0 Å². The Morgan fingerprint density at radius 2 is 1.43 bits per heavy atom. The van der Waals surface area contributed by atoms with Crippen molar-refractivity contribution in [3.8, 4) is 5.75 Å². The summed E-state index contributed by atoms with van der Waals surface area (Å²) in [7, 11) is 0. The van der Waals surface area contributed by atoms with Crippen molar-refractivity contribution in [1.82, 2.24) is 4.90 Å². The maximum atomic E-state index is 13.0. The first-order valence-electron chi connectivity index (χ1n) is 8.97. The average molecular weight is 392 g/mol. The van der Waals surface area contributed by atoms with E-state index in [-0.39, 0.29) is 18.4 Å². The third-order valence-corrected chi connectivity index (χ3v) is 5.13. The molecule has 1 aliphatic heterocycles. The van der Waals surface area contributed by atoms with Crippen LogP contribution in [0.5, 0.6) is 5.75 Å². The molecule has 1 aliphatic rings. The highest BCUT2D eigenvalue weighted by molar-refractivity contribution is 6.30. The van der Waals surface area contributed by atoms with Crippen molar-refractivity contribution in [2.75, 3.05) is 6.61 Å². The smallest absolute Gasteiger partial charge is 0.262 e. The summed E-state index contributed by atoms with van der Waals surface area (Å²) in [6.07, 6.45) is 0. The summed E-state index contributed by atoms with van der Waals surface area (Å²) in [6.45, 7) is 2.10. The monoisotopic (exact) mass is 391 g/mol. The van der Waals surface area contributed by atoms with Gasteiger partial charge in [0.25, 0.3) is 11.8 Å². The Balaban J connectivity index is 1.70. The molecule has 5 heteroatoms. The van der Waals surface area contributed by atoms with Gasteiger partial charge in [-0.2, -0.15) is 0 Å². The first kappa shape index (κ1) is 18.3. The van der Waals surface area contributed by atoms with E-state index in [2.05, 4.69) is 0 Å². The van der Waals surface area contributed by atoms with E-state index in [0.717, 1.165) is 16.9 Å². The molecule has 0 aromatic heterocycles. The number of rotatable bonds is 5. The predicted molar refractivity (Wildman–Crippen MR) is 108 cm³/mol. The van der Waals surface area contributed by atoms with Crippen LogP contribution in [0.15, 0.2) is 72.8 Å². The summed E-state index contributed by atoms with van der Waals surface area (Å²) < 4.78 is 6.01. The van der Waals surface area contributed by atoms with Crippen LogP contribution < -0.4 is 4.74 Å². The van der Waals surface area contributed by atoms with Crippen LogP contribution in [-0.2, 0) is 0 Å². The molecule has 1 heterocycles. The largest absolute Gasteiger partial charge is 0.491 e. The fraction of sp³-hybridized carbons (Fsp3) is 0.130. The van der Waals surface area contributed by atoms with E-state index in [0.29, 0.717) is 16.1 Å². The number of imide groups is 1. The van der Waals surface area contributed by atoms with Gasteiger partial charge in [-0.15, -0.1) is 0 Å². The minimum atomic E-state index is -0.565. The molecule has 0 unspecified atom stereocenters. The fourth-order valence-electron chi connectivity index (χ4n) is 3.38. The Labute approximate surface area is 168 Å². The SMILES string of the molecule is Cc1ccccc1OC[C@@H](c1ccc(Cl)cc1)N1C(=O)c2ccccc2C1=O. The van der Waals surface area contributed by atoms with Gasteiger partial charge in [-0.3, -0.25) is 14.5 Å². The molecule has 3 aromatic rings. The van der Waals surface area contributed by atoms with Crippen LogP contribution in [0, 0.1) is 6.92 Å². The molecule has 1 atom stereocenters. The van der Waals surface area contributed by atoms with E-state index in [1.807, 2.05) is 43.3 Å². The molecule has 0 aliphatic carbocycles. The molecule has 0 saturated heterocycles. The lowest BCUT2D eigenvalue weighted by Gasteiger charge is -2.27. The lowest BCUT2D eigenvalue weighted by Crippen LogP contribution is -2.37. The van der Waals surface area contributed by atoms with Crippen LogP contribution >= 0.6 is 11.6 Å². The van der Waals surface area contributed by atoms with Crippen molar-refractivity contribution >= 4 is 23.4 Å². The Morgan fingerprint density at radius 1 is 0.857 bits per heavy atom. The third kappa shape index (κ3) is 3.27. The summed E-state index contributed by atoms with van der Waals surface area (Å²) in [4.78, 5) is 27.3. The van der Waals surface area contributed by atoms with Gasteiger partial charge in [-0.25, -0.2) is 0 Å². The van der Waals surface area contributed by atoms with Crippen LogP contribution in [-0.4, -0.2) is 23.3 Å². The maximum Gasteiger partial charge on any atom is 0.262 e. The first-order chi connectivity index (χ1) is 13.6. The summed E-state index contributed by atoms with van der Waals surface area (Å²) in [5.41, 5.74) is 2.61. The number of benzene rings is 3. The number of ether oxygens (including phenoxy) is 1. The second kappa shape index (κ2) is 7.49. The second-order valence-corrected chi connectivity index (χ2v) is 7.11. The van der Waals surface area contributed by atoms with Gasteiger partial charge in [0.15, 0.2) is 0 Å². The van der Waals surface area contributed by atoms with Crippen LogP contribution in [0.2, 0.25) is 5.02 Å². The molecule has 4 nitrogen and oxygen atoms in total. The number of halogens is 1. The minimum Gasteiger partial charge on any atom is -0.491 e. The number of nitrogens with zero attached hydrogens (tertiary/aromatic N) is 1. The van der Waals surface area contributed by atoms with Crippen molar-refractivity contribution in [3.63, 3.8) is 0 Å². The molecule has 0 N–H and O–H groups in total. The first-order valence-corrected chi connectivity index (χ1v) is 9.35. The average Bonchev–Trinajstić information content (AvgIpc) is 2.96. The lowest BCUT2D eigenvalue weighted by molar-refractivity contribution is 0.0529.